The van der Waals surface area contributed by atoms with Crippen LogP contribution in [0.4, 0.5) is 4.39 Å². The van der Waals surface area contributed by atoms with Gasteiger partial charge in [-0.3, -0.25) is 4.79 Å². The van der Waals surface area contributed by atoms with Crippen LogP contribution in [0.1, 0.15) is 5.56 Å². The van der Waals surface area contributed by atoms with Gasteiger partial charge in [0.05, 0.1) is 6.42 Å². The van der Waals surface area contributed by atoms with Crippen molar-refractivity contribution in [2.24, 2.45) is 0 Å². The van der Waals surface area contributed by atoms with Crippen LogP contribution in [-0.2, 0) is 11.2 Å². The molecule has 2 rings (SSSR count). The van der Waals surface area contributed by atoms with Crippen molar-refractivity contribution in [1.82, 2.24) is 4.57 Å². The summed E-state index contributed by atoms with van der Waals surface area (Å²) in [4.78, 5) is 10.5. The standard InChI is InChI=1S/C12H10FNO2/c13-10-1-3-11(4-2-10)14-6-5-9(8-14)7-12(15)16/h1-6,8H,7H2,(H,15,16). The zero-order valence-electron chi connectivity index (χ0n) is 8.43. The van der Waals surface area contributed by atoms with E-state index in [0.717, 1.165) is 11.3 Å². The summed E-state index contributed by atoms with van der Waals surface area (Å²) in [6.45, 7) is 0. The van der Waals surface area contributed by atoms with Crippen molar-refractivity contribution < 1.29 is 14.3 Å². The van der Waals surface area contributed by atoms with Crippen LogP contribution in [0.5, 0.6) is 0 Å². The molecule has 0 bridgehead atoms. The Hall–Kier alpha value is -2.10. The Bertz CT molecular complexity index is 502. The maximum atomic E-state index is 12.7. The SMILES string of the molecule is O=C(O)Cc1ccn(-c2ccc(F)cc2)c1. The zero-order chi connectivity index (χ0) is 11.5. The van der Waals surface area contributed by atoms with Gasteiger partial charge in [-0.05, 0) is 35.9 Å². The van der Waals surface area contributed by atoms with Gasteiger partial charge in [0.25, 0.3) is 0 Å². The van der Waals surface area contributed by atoms with Gasteiger partial charge in [0.1, 0.15) is 5.82 Å². The molecule has 0 atom stereocenters. The number of carbonyl (C=O) groups is 1. The second-order valence-corrected chi connectivity index (χ2v) is 3.47. The van der Waals surface area contributed by atoms with Gasteiger partial charge in [0, 0.05) is 18.1 Å². The first-order valence-corrected chi connectivity index (χ1v) is 4.80. The summed E-state index contributed by atoms with van der Waals surface area (Å²) in [7, 11) is 0. The largest absolute Gasteiger partial charge is 0.481 e. The Morgan fingerprint density at radius 1 is 1.25 bits per heavy atom. The zero-order valence-corrected chi connectivity index (χ0v) is 8.43. The summed E-state index contributed by atoms with van der Waals surface area (Å²) in [5.41, 5.74) is 1.52. The first kappa shape index (κ1) is 10.4. The highest BCUT2D eigenvalue weighted by atomic mass is 19.1. The highest BCUT2D eigenvalue weighted by molar-refractivity contribution is 5.70. The van der Waals surface area contributed by atoms with Gasteiger partial charge in [0.2, 0.25) is 0 Å². The van der Waals surface area contributed by atoms with Gasteiger partial charge in [-0.15, -0.1) is 0 Å². The van der Waals surface area contributed by atoms with Crippen LogP contribution < -0.4 is 0 Å². The van der Waals surface area contributed by atoms with Crippen molar-refractivity contribution in [1.29, 1.82) is 0 Å². The van der Waals surface area contributed by atoms with E-state index in [-0.39, 0.29) is 12.2 Å². The monoisotopic (exact) mass is 219 g/mol. The molecule has 0 saturated heterocycles. The van der Waals surface area contributed by atoms with Crippen LogP contribution in [0.15, 0.2) is 42.7 Å². The Balaban J connectivity index is 2.24. The molecule has 0 aliphatic carbocycles. The molecule has 0 radical (unpaired) electrons. The van der Waals surface area contributed by atoms with Gasteiger partial charge in [-0.2, -0.15) is 0 Å². The number of benzene rings is 1. The third kappa shape index (κ3) is 2.28. The summed E-state index contributed by atoms with van der Waals surface area (Å²) in [6, 6.07) is 7.75. The number of hydrogen-bond donors (Lipinski definition) is 1. The summed E-state index contributed by atoms with van der Waals surface area (Å²) in [6.07, 6.45) is 3.47. The summed E-state index contributed by atoms with van der Waals surface area (Å²) in [5, 5.41) is 8.62. The topological polar surface area (TPSA) is 42.2 Å². The van der Waals surface area contributed by atoms with E-state index in [4.69, 9.17) is 5.11 Å². The van der Waals surface area contributed by atoms with Crippen LogP contribution in [0, 0.1) is 5.82 Å². The van der Waals surface area contributed by atoms with Crippen LogP contribution >= 0.6 is 0 Å². The Morgan fingerprint density at radius 2 is 1.94 bits per heavy atom. The molecule has 2 aromatic rings. The molecule has 82 valence electrons. The lowest BCUT2D eigenvalue weighted by atomic mass is 10.2. The molecule has 0 aliphatic rings. The molecule has 1 heterocycles. The van der Waals surface area contributed by atoms with E-state index >= 15 is 0 Å². The first-order chi connectivity index (χ1) is 7.65. The average molecular weight is 219 g/mol. The number of aromatic nitrogens is 1. The fourth-order valence-corrected chi connectivity index (χ4v) is 1.49. The maximum Gasteiger partial charge on any atom is 0.307 e. The van der Waals surface area contributed by atoms with E-state index in [1.807, 2.05) is 0 Å². The van der Waals surface area contributed by atoms with Crippen LogP contribution in [0.2, 0.25) is 0 Å². The van der Waals surface area contributed by atoms with Crippen molar-refractivity contribution in [2.75, 3.05) is 0 Å². The molecule has 0 unspecified atom stereocenters. The fraction of sp³-hybridized carbons (Fsp3) is 0.0833. The molecule has 4 heteroatoms. The van der Waals surface area contributed by atoms with Gasteiger partial charge in [-0.25, -0.2) is 4.39 Å². The number of nitrogens with zero attached hydrogens (tertiary/aromatic N) is 1. The van der Waals surface area contributed by atoms with Crippen molar-refractivity contribution in [3.8, 4) is 5.69 Å². The predicted molar refractivity (Wildman–Crippen MR) is 57.1 cm³/mol. The second-order valence-electron chi connectivity index (χ2n) is 3.47. The van der Waals surface area contributed by atoms with Gasteiger partial charge in [-0.1, -0.05) is 0 Å². The lowest BCUT2D eigenvalue weighted by Crippen LogP contribution is -1.98. The van der Waals surface area contributed by atoms with E-state index in [1.54, 1.807) is 35.2 Å². The molecule has 1 aromatic heterocycles. The maximum absolute atomic E-state index is 12.7. The minimum absolute atomic E-state index is 0.00576. The quantitative estimate of drug-likeness (QED) is 0.860. The summed E-state index contributed by atoms with van der Waals surface area (Å²) >= 11 is 0. The van der Waals surface area contributed by atoms with E-state index in [1.165, 1.54) is 12.1 Å². The molecule has 1 aromatic carbocycles. The number of halogens is 1. The van der Waals surface area contributed by atoms with Crippen LogP contribution in [0.25, 0.3) is 5.69 Å². The second kappa shape index (κ2) is 4.18. The minimum Gasteiger partial charge on any atom is -0.481 e. The lowest BCUT2D eigenvalue weighted by molar-refractivity contribution is -0.136. The van der Waals surface area contributed by atoms with Crippen molar-refractivity contribution in [3.05, 3.63) is 54.1 Å². The third-order valence-corrected chi connectivity index (χ3v) is 2.23. The summed E-state index contributed by atoms with van der Waals surface area (Å²) in [5.74, 6) is -1.15. The number of rotatable bonds is 3. The number of carboxylic acid groups (broad SMARTS) is 1. The molecule has 0 saturated carbocycles. The minimum atomic E-state index is -0.864. The molecule has 16 heavy (non-hydrogen) atoms. The molecule has 0 spiro atoms. The fourth-order valence-electron chi connectivity index (χ4n) is 1.49. The smallest absolute Gasteiger partial charge is 0.307 e. The predicted octanol–water partition coefficient (Wildman–Crippen LogP) is 2.24. The molecule has 0 amide bonds. The number of aliphatic carboxylic acids is 1. The highest BCUT2D eigenvalue weighted by Crippen LogP contribution is 2.12. The van der Waals surface area contributed by atoms with Crippen molar-refractivity contribution in [3.63, 3.8) is 0 Å². The number of carboxylic acids is 1. The van der Waals surface area contributed by atoms with E-state index in [9.17, 15) is 9.18 Å². The van der Waals surface area contributed by atoms with Crippen molar-refractivity contribution in [2.45, 2.75) is 6.42 Å². The Morgan fingerprint density at radius 3 is 2.56 bits per heavy atom. The highest BCUT2D eigenvalue weighted by Gasteiger charge is 2.03. The molecular weight excluding hydrogens is 209 g/mol. The molecule has 1 N–H and O–H groups in total. The van der Waals surface area contributed by atoms with Crippen LogP contribution in [0.3, 0.4) is 0 Å². The molecule has 0 aliphatic heterocycles. The lowest BCUT2D eigenvalue weighted by Gasteiger charge is -2.01. The van der Waals surface area contributed by atoms with E-state index in [0.29, 0.717) is 0 Å². The molecule has 3 nitrogen and oxygen atoms in total. The Kier molecular flexibility index (Phi) is 2.72. The van der Waals surface area contributed by atoms with E-state index in [2.05, 4.69) is 0 Å². The molecular formula is C12H10FNO2. The number of hydrogen-bond acceptors (Lipinski definition) is 1. The first-order valence-electron chi connectivity index (χ1n) is 4.80. The van der Waals surface area contributed by atoms with Gasteiger partial charge in [0.15, 0.2) is 0 Å². The van der Waals surface area contributed by atoms with E-state index < -0.39 is 5.97 Å². The van der Waals surface area contributed by atoms with Crippen LogP contribution in [-0.4, -0.2) is 15.6 Å². The normalized spacial score (nSPS) is 10.3. The Labute approximate surface area is 91.8 Å². The van der Waals surface area contributed by atoms with Gasteiger partial charge < -0.3 is 9.67 Å². The third-order valence-electron chi connectivity index (χ3n) is 2.23. The molecule has 0 fully saturated rings. The summed E-state index contributed by atoms with van der Waals surface area (Å²) < 4.78 is 14.5. The van der Waals surface area contributed by atoms with Crippen molar-refractivity contribution >= 4 is 5.97 Å². The average Bonchev–Trinajstić information content (AvgIpc) is 2.66. The van der Waals surface area contributed by atoms with Gasteiger partial charge >= 0.3 is 5.97 Å².